The predicted octanol–water partition coefficient (Wildman–Crippen LogP) is 1.07. The molecule has 92 valence electrons. The summed E-state index contributed by atoms with van der Waals surface area (Å²) in [4.78, 5) is 30.0. The molecule has 1 aliphatic rings. The zero-order chi connectivity index (χ0) is 12.6. The molecule has 2 amide bonds. The van der Waals surface area contributed by atoms with E-state index in [1.165, 1.54) is 23.3 Å². The van der Waals surface area contributed by atoms with Crippen LogP contribution in [0.25, 0.3) is 0 Å². The SMILES string of the molecule is COC(=O)C1c2ncsc2C(C)NC(=O)N1C. The molecule has 6 nitrogen and oxygen atoms in total. The Bertz CT molecular complexity index is 459. The summed E-state index contributed by atoms with van der Waals surface area (Å²) in [7, 11) is 2.85. The Morgan fingerprint density at radius 1 is 1.65 bits per heavy atom. The number of rotatable bonds is 1. The van der Waals surface area contributed by atoms with Crippen LogP contribution in [0.5, 0.6) is 0 Å². The number of nitrogens with zero attached hydrogens (tertiary/aromatic N) is 2. The van der Waals surface area contributed by atoms with Crippen molar-refractivity contribution in [2.45, 2.75) is 19.0 Å². The number of carbonyl (C=O) groups excluding carboxylic acids is 2. The van der Waals surface area contributed by atoms with Gasteiger partial charge in [0, 0.05) is 7.05 Å². The maximum absolute atomic E-state index is 11.8. The fourth-order valence-corrected chi connectivity index (χ4v) is 2.66. The normalized spacial score (nSPS) is 23.7. The number of nitrogens with one attached hydrogen (secondary N) is 1. The van der Waals surface area contributed by atoms with Gasteiger partial charge in [-0.2, -0.15) is 0 Å². The molecule has 2 heterocycles. The van der Waals surface area contributed by atoms with Crippen molar-refractivity contribution >= 4 is 23.3 Å². The number of thiazole rings is 1. The Labute approximate surface area is 103 Å². The van der Waals surface area contributed by atoms with E-state index in [1.54, 1.807) is 12.6 Å². The van der Waals surface area contributed by atoms with Gasteiger partial charge in [-0.25, -0.2) is 14.6 Å². The molecule has 0 spiro atoms. The van der Waals surface area contributed by atoms with Gasteiger partial charge in [-0.05, 0) is 6.92 Å². The molecule has 0 fully saturated rings. The average Bonchev–Trinajstić information content (AvgIpc) is 2.74. The lowest BCUT2D eigenvalue weighted by Crippen LogP contribution is -2.40. The highest BCUT2D eigenvalue weighted by Gasteiger charge is 2.37. The number of esters is 1. The molecule has 7 heteroatoms. The first-order chi connectivity index (χ1) is 8.06. The van der Waals surface area contributed by atoms with Crippen LogP contribution in [0.2, 0.25) is 0 Å². The number of hydrogen-bond donors (Lipinski definition) is 1. The second kappa shape index (κ2) is 4.33. The molecule has 0 saturated heterocycles. The minimum atomic E-state index is -0.772. The third-order valence-electron chi connectivity index (χ3n) is 2.75. The summed E-state index contributed by atoms with van der Waals surface area (Å²) < 4.78 is 4.73. The minimum absolute atomic E-state index is 0.151. The van der Waals surface area contributed by atoms with Crippen LogP contribution in [-0.4, -0.2) is 36.0 Å². The van der Waals surface area contributed by atoms with E-state index >= 15 is 0 Å². The molecule has 0 aromatic carbocycles. The van der Waals surface area contributed by atoms with Crippen LogP contribution in [0.1, 0.15) is 29.6 Å². The van der Waals surface area contributed by atoms with Crippen molar-refractivity contribution in [1.82, 2.24) is 15.2 Å². The van der Waals surface area contributed by atoms with Crippen molar-refractivity contribution in [3.05, 3.63) is 16.1 Å². The average molecular weight is 255 g/mol. The number of hydrogen-bond acceptors (Lipinski definition) is 5. The first-order valence-electron chi connectivity index (χ1n) is 5.10. The molecule has 1 aromatic heterocycles. The van der Waals surface area contributed by atoms with Gasteiger partial charge < -0.3 is 15.0 Å². The van der Waals surface area contributed by atoms with Crippen LogP contribution >= 0.6 is 11.3 Å². The highest BCUT2D eigenvalue weighted by atomic mass is 32.1. The molecule has 0 saturated carbocycles. The first kappa shape index (κ1) is 11.8. The summed E-state index contributed by atoms with van der Waals surface area (Å²) in [5, 5.41) is 2.79. The molecule has 0 bridgehead atoms. The molecule has 1 N–H and O–H groups in total. The van der Waals surface area contributed by atoms with Gasteiger partial charge in [0.2, 0.25) is 0 Å². The molecule has 0 radical (unpaired) electrons. The Balaban J connectivity index is 2.51. The maximum Gasteiger partial charge on any atom is 0.335 e. The van der Waals surface area contributed by atoms with Crippen molar-refractivity contribution in [1.29, 1.82) is 0 Å². The standard InChI is InChI=1S/C10H13N3O3S/c1-5-8-6(11-4-17-8)7(9(14)16-3)13(2)10(15)12-5/h4-5,7H,1-3H3,(H,12,15). The molecule has 17 heavy (non-hydrogen) atoms. The Hall–Kier alpha value is -1.63. The topological polar surface area (TPSA) is 71.5 Å². The second-order valence-electron chi connectivity index (χ2n) is 3.81. The van der Waals surface area contributed by atoms with Gasteiger partial charge in [0.05, 0.1) is 29.2 Å². The fourth-order valence-electron chi connectivity index (χ4n) is 1.83. The van der Waals surface area contributed by atoms with Crippen LogP contribution in [0.4, 0.5) is 4.79 Å². The van der Waals surface area contributed by atoms with Gasteiger partial charge >= 0.3 is 12.0 Å². The number of likely N-dealkylation sites (N-methyl/N-ethyl adjacent to an activating group) is 1. The molecule has 1 aliphatic heterocycles. The third kappa shape index (κ3) is 1.86. The van der Waals surface area contributed by atoms with Crippen LogP contribution in [0, 0.1) is 0 Å². The number of amides is 2. The first-order valence-corrected chi connectivity index (χ1v) is 5.98. The summed E-state index contributed by atoms with van der Waals surface area (Å²) in [6, 6.07) is -1.23. The maximum atomic E-state index is 11.8. The van der Waals surface area contributed by atoms with Gasteiger partial charge in [0.1, 0.15) is 0 Å². The number of carbonyl (C=O) groups is 2. The summed E-state index contributed by atoms with van der Waals surface area (Å²) in [6.45, 7) is 1.86. The third-order valence-corrected chi connectivity index (χ3v) is 3.78. The van der Waals surface area contributed by atoms with Crippen molar-refractivity contribution in [2.75, 3.05) is 14.2 Å². The smallest absolute Gasteiger partial charge is 0.335 e. The molecule has 1 aromatic rings. The van der Waals surface area contributed by atoms with E-state index in [0.717, 1.165) is 4.88 Å². The molecule has 0 aliphatic carbocycles. The highest BCUT2D eigenvalue weighted by molar-refractivity contribution is 7.09. The summed E-state index contributed by atoms with van der Waals surface area (Å²) in [6.07, 6.45) is 0. The van der Waals surface area contributed by atoms with Crippen molar-refractivity contribution in [2.24, 2.45) is 0 Å². The van der Waals surface area contributed by atoms with Crippen LogP contribution in [0.3, 0.4) is 0 Å². The lowest BCUT2D eigenvalue weighted by Gasteiger charge is -2.22. The lowest BCUT2D eigenvalue weighted by molar-refractivity contribution is -0.145. The largest absolute Gasteiger partial charge is 0.467 e. The van der Waals surface area contributed by atoms with Crippen LogP contribution in [0.15, 0.2) is 5.51 Å². The molecule has 2 unspecified atom stereocenters. The number of fused-ring (bicyclic) bond motifs is 1. The van der Waals surface area contributed by atoms with E-state index in [4.69, 9.17) is 4.74 Å². The van der Waals surface area contributed by atoms with Crippen LogP contribution < -0.4 is 5.32 Å². The monoisotopic (exact) mass is 255 g/mol. The Morgan fingerprint density at radius 2 is 2.35 bits per heavy atom. The number of methoxy groups -OCH3 is 1. The summed E-state index contributed by atoms with van der Waals surface area (Å²) in [5.74, 6) is -0.483. The van der Waals surface area contributed by atoms with Crippen LogP contribution in [-0.2, 0) is 9.53 Å². The Morgan fingerprint density at radius 3 is 3.00 bits per heavy atom. The van der Waals surface area contributed by atoms with E-state index < -0.39 is 12.0 Å². The molecular formula is C10H13N3O3S. The molecular weight excluding hydrogens is 242 g/mol. The molecule has 2 atom stereocenters. The lowest BCUT2D eigenvalue weighted by atomic mass is 10.1. The quantitative estimate of drug-likeness (QED) is 0.762. The second-order valence-corrected chi connectivity index (χ2v) is 4.70. The van der Waals surface area contributed by atoms with Crippen molar-refractivity contribution in [3.63, 3.8) is 0 Å². The van der Waals surface area contributed by atoms with E-state index in [1.807, 2.05) is 6.92 Å². The van der Waals surface area contributed by atoms with Crippen molar-refractivity contribution in [3.8, 4) is 0 Å². The number of ether oxygens (including phenoxy) is 1. The number of urea groups is 1. The predicted molar refractivity (Wildman–Crippen MR) is 61.6 cm³/mol. The Kier molecular flexibility index (Phi) is 3.01. The van der Waals surface area contributed by atoms with Gasteiger partial charge in [-0.1, -0.05) is 0 Å². The van der Waals surface area contributed by atoms with E-state index in [2.05, 4.69) is 10.3 Å². The van der Waals surface area contributed by atoms with E-state index in [-0.39, 0.29) is 12.1 Å². The van der Waals surface area contributed by atoms with Gasteiger partial charge in [0.25, 0.3) is 0 Å². The van der Waals surface area contributed by atoms with Gasteiger partial charge in [-0.15, -0.1) is 11.3 Å². The van der Waals surface area contributed by atoms with E-state index in [9.17, 15) is 9.59 Å². The van der Waals surface area contributed by atoms with E-state index in [0.29, 0.717) is 5.69 Å². The number of aromatic nitrogens is 1. The van der Waals surface area contributed by atoms with Gasteiger partial charge in [0.15, 0.2) is 6.04 Å². The van der Waals surface area contributed by atoms with Gasteiger partial charge in [-0.3, -0.25) is 0 Å². The molecule has 2 rings (SSSR count). The fraction of sp³-hybridized carbons (Fsp3) is 0.500. The highest BCUT2D eigenvalue weighted by Crippen LogP contribution is 2.33. The zero-order valence-corrected chi connectivity index (χ0v) is 10.6. The van der Waals surface area contributed by atoms with Crippen molar-refractivity contribution < 1.29 is 14.3 Å². The summed E-state index contributed by atoms with van der Waals surface area (Å²) in [5.41, 5.74) is 2.26. The summed E-state index contributed by atoms with van der Waals surface area (Å²) >= 11 is 1.42. The minimum Gasteiger partial charge on any atom is -0.467 e. The zero-order valence-electron chi connectivity index (χ0n) is 9.76.